The summed E-state index contributed by atoms with van der Waals surface area (Å²) in [6.07, 6.45) is 4.41. The summed E-state index contributed by atoms with van der Waals surface area (Å²) in [5, 5.41) is 3.71. The minimum Gasteiger partial charge on any atom is -0.351 e. The third kappa shape index (κ3) is 2.73. The standard InChI is InChI=1S/C13H15N3OS/c1-3-6-15-12(17)11-9(2)16-13(18-11)10-5-4-7-14-8-10/h4-5,7-8H,3,6H2,1-2H3,(H,15,17). The van der Waals surface area contributed by atoms with Crippen molar-refractivity contribution >= 4 is 17.2 Å². The SMILES string of the molecule is CCCNC(=O)c1sc(-c2cccnc2)nc1C. The van der Waals surface area contributed by atoms with Gasteiger partial charge in [0.05, 0.1) is 5.69 Å². The van der Waals surface area contributed by atoms with Crippen LogP contribution in [0.15, 0.2) is 24.5 Å². The molecule has 4 nitrogen and oxygen atoms in total. The summed E-state index contributed by atoms with van der Waals surface area (Å²) < 4.78 is 0. The number of thiazole rings is 1. The molecule has 0 aliphatic heterocycles. The molecule has 1 N–H and O–H groups in total. The Morgan fingerprint density at radius 3 is 3.00 bits per heavy atom. The van der Waals surface area contributed by atoms with E-state index in [1.54, 1.807) is 12.4 Å². The highest BCUT2D eigenvalue weighted by Gasteiger charge is 2.15. The average molecular weight is 261 g/mol. The number of aryl methyl sites for hydroxylation is 1. The quantitative estimate of drug-likeness (QED) is 0.920. The van der Waals surface area contributed by atoms with E-state index in [1.165, 1.54) is 11.3 Å². The van der Waals surface area contributed by atoms with Crippen molar-refractivity contribution in [1.29, 1.82) is 0 Å². The normalized spacial score (nSPS) is 10.3. The Labute approximate surface area is 110 Å². The van der Waals surface area contributed by atoms with Gasteiger partial charge in [0.25, 0.3) is 5.91 Å². The van der Waals surface area contributed by atoms with E-state index in [0.29, 0.717) is 11.4 Å². The molecule has 0 aliphatic carbocycles. The lowest BCUT2D eigenvalue weighted by Crippen LogP contribution is -2.23. The van der Waals surface area contributed by atoms with Crippen molar-refractivity contribution in [1.82, 2.24) is 15.3 Å². The van der Waals surface area contributed by atoms with Gasteiger partial charge < -0.3 is 5.32 Å². The molecule has 0 atom stereocenters. The molecule has 5 heteroatoms. The first-order valence-electron chi connectivity index (χ1n) is 5.88. The molecular weight excluding hydrogens is 246 g/mol. The van der Waals surface area contributed by atoms with Crippen LogP contribution >= 0.6 is 11.3 Å². The van der Waals surface area contributed by atoms with Crippen LogP contribution in [0.3, 0.4) is 0 Å². The molecule has 0 fully saturated rings. The number of nitrogens with zero attached hydrogens (tertiary/aromatic N) is 2. The van der Waals surface area contributed by atoms with Gasteiger partial charge in [-0.3, -0.25) is 9.78 Å². The molecule has 0 aliphatic rings. The predicted molar refractivity (Wildman–Crippen MR) is 72.7 cm³/mol. The highest BCUT2D eigenvalue weighted by Crippen LogP contribution is 2.27. The summed E-state index contributed by atoms with van der Waals surface area (Å²) in [5.41, 5.74) is 1.72. The summed E-state index contributed by atoms with van der Waals surface area (Å²) in [6, 6.07) is 3.81. The molecule has 0 spiro atoms. The van der Waals surface area contributed by atoms with E-state index in [9.17, 15) is 4.79 Å². The second-order valence-electron chi connectivity index (χ2n) is 3.93. The van der Waals surface area contributed by atoms with Crippen molar-refractivity contribution in [3.63, 3.8) is 0 Å². The van der Waals surface area contributed by atoms with Gasteiger partial charge in [-0.2, -0.15) is 0 Å². The zero-order valence-corrected chi connectivity index (χ0v) is 11.3. The van der Waals surface area contributed by atoms with E-state index in [0.717, 1.165) is 22.7 Å². The van der Waals surface area contributed by atoms with Gasteiger partial charge in [-0.05, 0) is 25.5 Å². The summed E-state index contributed by atoms with van der Waals surface area (Å²) in [5.74, 6) is -0.0398. The van der Waals surface area contributed by atoms with Crippen molar-refractivity contribution in [2.24, 2.45) is 0 Å². The Balaban J connectivity index is 2.25. The lowest BCUT2D eigenvalue weighted by molar-refractivity contribution is 0.0957. The second kappa shape index (κ2) is 5.73. The van der Waals surface area contributed by atoms with Crippen molar-refractivity contribution in [3.8, 4) is 10.6 Å². The number of pyridine rings is 1. The highest BCUT2D eigenvalue weighted by molar-refractivity contribution is 7.17. The number of rotatable bonds is 4. The topological polar surface area (TPSA) is 54.9 Å². The van der Waals surface area contributed by atoms with E-state index in [4.69, 9.17) is 0 Å². The van der Waals surface area contributed by atoms with E-state index in [-0.39, 0.29) is 5.91 Å². The third-order valence-electron chi connectivity index (χ3n) is 2.45. The number of carbonyl (C=O) groups excluding carboxylic acids is 1. The van der Waals surface area contributed by atoms with Gasteiger partial charge in [-0.25, -0.2) is 4.98 Å². The lowest BCUT2D eigenvalue weighted by atomic mass is 10.3. The van der Waals surface area contributed by atoms with Gasteiger partial charge in [0.2, 0.25) is 0 Å². The molecule has 0 bridgehead atoms. The van der Waals surface area contributed by atoms with Gasteiger partial charge in [-0.15, -0.1) is 11.3 Å². The summed E-state index contributed by atoms with van der Waals surface area (Å²) >= 11 is 1.41. The van der Waals surface area contributed by atoms with Crippen LogP contribution in [0.5, 0.6) is 0 Å². The predicted octanol–water partition coefficient (Wildman–Crippen LogP) is 2.65. The van der Waals surface area contributed by atoms with Crippen molar-refractivity contribution in [2.75, 3.05) is 6.54 Å². The number of carbonyl (C=O) groups is 1. The Morgan fingerprint density at radius 1 is 1.50 bits per heavy atom. The molecule has 0 saturated carbocycles. The van der Waals surface area contributed by atoms with E-state index in [2.05, 4.69) is 15.3 Å². The fourth-order valence-corrected chi connectivity index (χ4v) is 2.51. The van der Waals surface area contributed by atoms with Crippen LogP contribution in [0.25, 0.3) is 10.6 Å². The van der Waals surface area contributed by atoms with Gasteiger partial charge in [0.1, 0.15) is 9.88 Å². The highest BCUT2D eigenvalue weighted by atomic mass is 32.1. The number of amides is 1. The maximum absolute atomic E-state index is 11.9. The Hall–Kier alpha value is -1.75. The zero-order valence-electron chi connectivity index (χ0n) is 10.4. The first-order valence-corrected chi connectivity index (χ1v) is 6.70. The maximum Gasteiger partial charge on any atom is 0.263 e. The Bertz CT molecular complexity index is 536. The Kier molecular flexibility index (Phi) is 4.04. The van der Waals surface area contributed by atoms with Crippen molar-refractivity contribution < 1.29 is 4.79 Å². The maximum atomic E-state index is 11.9. The average Bonchev–Trinajstić information content (AvgIpc) is 2.79. The molecule has 18 heavy (non-hydrogen) atoms. The fraction of sp³-hybridized carbons (Fsp3) is 0.308. The van der Waals surface area contributed by atoms with Crippen LogP contribution in [0.2, 0.25) is 0 Å². The monoisotopic (exact) mass is 261 g/mol. The van der Waals surface area contributed by atoms with Crippen molar-refractivity contribution in [3.05, 3.63) is 35.1 Å². The van der Waals surface area contributed by atoms with E-state index < -0.39 is 0 Å². The smallest absolute Gasteiger partial charge is 0.263 e. The van der Waals surface area contributed by atoms with Crippen LogP contribution in [0.4, 0.5) is 0 Å². The largest absolute Gasteiger partial charge is 0.351 e. The molecular formula is C13H15N3OS. The van der Waals surface area contributed by atoms with Gasteiger partial charge >= 0.3 is 0 Å². The first kappa shape index (κ1) is 12.7. The molecule has 2 rings (SSSR count). The van der Waals surface area contributed by atoms with Crippen LogP contribution in [-0.4, -0.2) is 22.4 Å². The lowest BCUT2D eigenvalue weighted by Gasteiger charge is -2.00. The molecule has 0 saturated heterocycles. The minimum absolute atomic E-state index is 0.0398. The molecule has 94 valence electrons. The number of hydrogen-bond donors (Lipinski definition) is 1. The molecule has 2 aromatic heterocycles. The summed E-state index contributed by atoms with van der Waals surface area (Å²) in [4.78, 5) is 21.1. The van der Waals surface area contributed by atoms with Crippen LogP contribution in [-0.2, 0) is 0 Å². The van der Waals surface area contributed by atoms with Gasteiger partial charge in [0.15, 0.2) is 0 Å². The van der Waals surface area contributed by atoms with Crippen LogP contribution < -0.4 is 5.32 Å². The molecule has 1 amide bonds. The van der Waals surface area contributed by atoms with Crippen molar-refractivity contribution in [2.45, 2.75) is 20.3 Å². The summed E-state index contributed by atoms with van der Waals surface area (Å²) in [7, 11) is 0. The fourth-order valence-electron chi connectivity index (χ4n) is 1.54. The third-order valence-corrected chi connectivity index (χ3v) is 3.65. The molecule has 0 radical (unpaired) electrons. The van der Waals surface area contributed by atoms with E-state index in [1.807, 2.05) is 26.0 Å². The van der Waals surface area contributed by atoms with Gasteiger partial charge in [-0.1, -0.05) is 6.92 Å². The van der Waals surface area contributed by atoms with Crippen LogP contribution in [0.1, 0.15) is 28.7 Å². The van der Waals surface area contributed by atoms with Gasteiger partial charge in [0, 0.05) is 24.5 Å². The summed E-state index contributed by atoms with van der Waals surface area (Å²) in [6.45, 7) is 4.58. The molecule has 2 aromatic rings. The zero-order chi connectivity index (χ0) is 13.0. The number of hydrogen-bond acceptors (Lipinski definition) is 4. The molecule has 0 aromatic carbocycles. The van der Waals surface area contributed by atoms with E-state index >= 15 is 0 Å². The minimum atomic E-state index is -0.0398. The number of aromatic nitrogens is 2. The second-order valence-corrected chi connectivity index (χ2v) is 4.93. The van der Waals surface area contributed by atoms with Crippen LogP contribution in [0, 0.1) is 6.92 Å². The molecule has 0 unspecified atom stereocenters. The molecule has 2 heterocycles. The Morgan fingerprint density at radius 2 is 2.33 bits per heavy atom. The first-order chi connectivity index (χ1) is 8.72. The number of nitrogens with one attached hydrogen (secondary N) is 1.